The highest BCUT2D eigenvalue weighted by molar-refractivity contribution is 6.16. The summed E-state index contributed by atoms with van der Waals surface area (Å²) in [5, 5.41) is 18.8. The van der Waals surface area contributed by atoms with E-state index in [1.54, 1.807) is 38.4 Å². The molecule has 1 aromatic carbocycles. The van der Waals surface area contributed by atoms with Crippen molar-refractivity contribution in [3.8, 4) is 5.75 Å². The molecule has 11 nitrogen and oxygen atoms in total. The van der Waals surface area contributed by atoms with Crippen LogP contribution in [0, 0.1) is 25.2 Å². The summed E-state index contributed by atoms with van der Waals surface area (Å²) < 4.78 is 5.96. The third-order valence-electron chi connectivity index (χ3n) is 8.11. The Kier molecular flexibility index (Phi) is 9.69. The molecule has 2 amide bonds. The number of nitrogens with one attached hydrogen (secondary N) is 4. The molecule has 0 spiro atoms. The van der Waals surface area contributed by atoms with Crippen molar-refractivity contribution in [1.82, 2.24) is 20.5 Å². The number of nitrogens with zero attached hydrogens (tertiary/aromatic N) is 3. The number of ether oxygens (including phenoxy) is 1. The van der Waals surface area contributed by atoms with E-state index >= 15 is 0 Å². The Morgan fingerprint density at radius 2 is 1.98 bits per heavy atom. The van der Waals surface area contributed by atoms with Crippen molar-refractivity contribution >= 4 is 34.6 Å². The second kappa shape index (κ2) is 13.8. The van der Waals surface area contributed by atoms with Gasteiger partial charge in [0.2, 0.25) is 0 Å². The van der Waals surface area contributed by atoms with Gasteiger partial charge >= 0.3 is 0 Å². The van der Waals surface area contributed by atoms with Crippen LogP contribution in [-0.2, 0) is 16.1 Å². The van der Waals surface area contributed by atoms with Crippen LogP contribution in [0.3, 0.4) is 0 Å². The standard InChI is InChI=1S/C35H42N8O3/c1-20-14-15-39-25(16-20)19-43(4)35(45)27-13-11-24(18-40-27)30-21(2)6-12-26(33(30)46-5)41-28(31(37)32(38-3)22-7-8-22)17-29(36)42-34(44)23-9-10-23/h6,11-17,23,37-38,40-41H,7-10,18-19H2,1-5H3,(H2,36,42,44)/b28-17+,37-31?. The highest BCUT2D eigenvalue weighted by Crippen LogP contribution is 2.38. The molecule has 3 aliphatic rings. The molecule has 46 heavy (non-hydrogen) atoms. The summed E-state index contributed by atoms with van der Waals surface area (Å²) in [6.45, 7) is 4.81. The molecule has 2 aliphatic carbocycles. The van der Waals surface area contributed by atoms with Gasteiger partial charge in [-0.3, -0.25) is 20.0 Å². The van der Waals surface area contributed by atoms with E-state index < -0.39 is 0 Å². The molecule has 2 aromatic rings. The van der Waals surface area contributed by atoms with E-state index in [2.05, 4.69) is 25.9 Å². The van der Waals surface area contributed by atoms with Gasteiger partial charge in [0, 0.05) is 44.4 Å². The van der Waals surface area contributed by atoms with Gasteiger partial charge in [0.1, 0.15) is 23.0 Å². The van der Waals surface area contributed by atoms with Crippen LogP contribution >= 0.6 is 0 Å². The van der Waals surface area contributed by atoms with Gasteiger partial charge in [0.25, 0.3) is 11.8 Å². The summed E-state index contributed by atoms with van der Waals surface area (Å²) in [6.07, 6.45) is 10.5. The van der Waals surface area contributed by atoms with Gasteiger partial charge in [-0.25, -0.2) is 0 Å². The highest BCUT2D eigenvalue weighted by atomic mass is 16.5. The minimum absolute atomic E-state index is 0.0383. The molecule has 0 radical (unpaired) electrons. The molecule has 6 N–H and O–H groups in total. The number of rotatable bonds is 12. The number of likely N-dealkylation sites (N-methyl/N-ethyl adjacent to an activating group) is 1. The molecule has 2 fully saturated rings. The fourth-order valence-corrected chi connectivity index (χ4v) is 5.38. The lowest BCUT2D eigenvalue weighted by Crippen LogP contribution is -2.35. The summed E-state index contributed by atoms with van der Waals surface area (Å²) in [7, 11) is 5.15. The van der Waals surface area contributed by atoms with E-state index in [1.165, 1.54) is 6.08 Å². The van der Waals surface area contributed by atoms with E-state index in [0.717, 1.165) is 64.9 Å². The van der Waals surface area contributed by atoms with E-state index in [1.807, 2.05) is 44.2 Å². The molecular weight excluding hydrogens is 580 g/mol. The fourth-order valence-electron chi connectivity index (χ4n) is 5.38. The zero-order valence-electron chi connectivity index (χ0n) is 27.1. The number of hydrogen-bond acceptors (Lipinski definition) is 8. The number of amidine groups is 1. The summed E-state index contributed by atoms with van der Waals surface area (Å²) in [5.41, 5.74) is 14.5. The molecule has 11 heteroatoms. The third kappa shape index (κ3) is 7.53. The molecule has 1 aromatic heterocycles. The van der Waals surface area contributed by atoms with Crippen molar-refractivity contribution in [1.29, 1.82) is 5.41 Å². The van der Waals surface area contributed by atoms with Crippen LogP contribution in [-0.4, -0.2) is 61.0 Å². The summed E-state index contributed by atoms with van der Waals surface area (Å²) in [6, 6.07) is 7.76. The topological polar surface area (TPSA) is 158 Å². The largest absolute Gasteiger partial charge is 0.494 e. The number of aliphatic imine (C=N–C) groups is 1. The molecule has 0 atom stereocenters. The maximum atomic E-state index is 13.2. The van der Waals surface area contributed by atoms with Crippen molar-refractivity contribution in [2.24, 2.45) is 16.6 Å². The average Bonchev–Trinajstić information content (AvgIpc) is 3.96. The van der Waals surface area contributed by atoms with Crippen molar-refractivity contribution < 1.29 is 14.3 Å². The first-order valence-corrected chi connectivity index (χ1v) is 15.4. The van der Waals surface area contributed by atoms with Crippen LogP contribution < -0.4 is 26.4 Å². The number of pyridine rings is 1. The summed E-state index contributed by atoms with van der Waals surface area (Å²) in [5.74, 6) is 0.195. The fraction of sp³-hybridized carbons (Fsp3) is 0.343. The number of dihydropyridines is 1. The molecule has 0 unspecified atom stereocenters. The number of allylic oxidation sites excluding steroid dienone is 3. The Bertz CT molecular complexity index is 1720. The number of nitrogens with two attached hydrogens (primary N) is 1. The number of hydrogen-bond donors (Lipinski definition) is 5. The minimum Gasteiger partial charge on any atom is -0.494 e. The summed E-state index contributed by atoms with van der Waals surface area (Å²) >= 11 is 0. The molecule has 1 aliphatic heterocycles. The molecule has 0 bridgehead atoms. The first-order valence-electron chi connectivity index (χ1n) is 15.4. The lowest BCUT2D eigenvalue weighted by atomic mass is 9.95. The van der Waals surface area contributed by atoms with E-state index in [0.29, 0.717) is 35.9 Å². The maximum absolute atomic E-state index is 13.2. The molecule has 0 saturated heterocycles. The number of carbonyl (C=O) groups is 2. The first kappa shape index (κ1) is 32.2. The van der Waals surface area contributed by atoms with Crippen molar-refractivity contribution in [3.63, 3.8) is 0 Å². The molecule has 5 rings (SSSR count). The lowest BCUT2D eigenvalue weighted by molar-refractivity contribution is -0.126. The van der Waals surface area contributed by atoms with Crippen LogP contribution in [0.1, 0.15) is 48.1 Å². The van der Waals surface area contributed by atoms with Crippen LogP contribution in [0.15, 0.2) is 76.3 Å². The second-order valence-electron chi connectivity index (χ2n) is 11.9. The van der Waals surface area contributed by atoms with Gasteiger partial charge in [0.15, 0.2) is 0 Å². The summed E-state index contributed by atoms with van der Waals surface area (Å²) in [4.78, 5) is 35.6. The van der Waals surface area contributed by atoms with E-state index in [9.17, 15) is 9.59 Å². The zero-order chi connectivity index (χ0) is 33.0. The van der Waals surface area contributed by atoms with Gasteiger partial charge in [-0.2, -0.15) is 4.99 Å². The van der Waals surface area contributed by atoms with Crippen LogP contribution in [0.25, 0.3) is 5.57 Å². The zero-order valence-corrected chi connectivity index (χ0v) is 27.1. The molecule has 2 heterocycles. The van der Waals surface area contributed by atoms with E-state index in [4.69, 9.17) is 15.9 Å². The van der Waals surface area contributed by atoms with Gasteiger partial charge < -0.3 is 31.3 Å². The van der Waals surface area contributed by atoms with Crippen LogP contribution in [0.2, 0.25) is 0 Å². The van der Waals surface area contributed by atoms with Crippen molar-refractivity contribution in [2.45, 2.75) is 46.1 Å². The molecule has 240 valence electrons. The highest BCUT2D eigenvalue weighted by Gasteiger charge is 2.30. The quantitative estimate of drug-likeness (QED) is 0.175. The first-order chi connectivity index (χ1) is 22.1. The number of amides is 2. The van der Waals surface area contributed by atoms with Gasteiger partial charge in [0.05, 0.1) is 36.4 Å². The Hall–Kier alpha value is -5.19. The number of benzene rings is 1. The predicted octanol–water partition coefficient (Wildman–Crippen LogP) is 4.11. The van der Waals surface area contributed by atoms with Crippen molar-refractivity contribution in [2.75, 3.05) is 33.1 Å². The monoisotopic (exact) mass is 622 g/mol. The smallest absolute Gasteiger partial charge is 0.270 e. The molecule has 2 saturated carbocycles. The Balaban J connectivity index is 1.43. The maximum Gasteiger partial charge on any atom is 0.270 e. The normalized spacial score (nSPS) is 16.1. The van der Waals surface area contributed by atoms with Gasteiger partial charge in [-0.15, -0.1) is 0 Å². The van der Waals surface area contributed by atoms with Gasteiger partial charge in [-0.05, 0) is 86.1 Å². The number of aryl methyl sites for hydroxylation is 2. The Morgan fingerprint density at radius 1 is 1.22 bits per heavy atom. The Labute approximate surface area is 269 Å². The number of aromatic nitrogens is 1. The SMILES string of the molecule is CNC(C(=N)/C(=C\C(N)=NC(=O)C1CC1)Nc1ccc(C)c(C2=CC=C(C(=O)N(C)Cc3cc(C)ccn3)NC2)c1OC)=C1CC1. The van der Waals surface area contributed by atoms with Crippen LogP contribution in [0.4, 0.5) is 5.69 Å². The van der Waals surface area contributed by atoms with Gasteiger partial charge in [-0.1, -0.05) is 12.1 Å². The van der Waals surface area contributed by atoms with Crippen molar-refractivity contribution in [3.05, 3.63) is 93.7 Å². The second-order valence-corrected chi connectivity index (χ2v) is 11.9. The lowest BCUT2D eigenvalue weighted by Gasteiger charge is -2.25. The number of methoxy groups -OCH3 is 1. The third-order valence-corrected chi connectivity index (χ3v) is 8.11. The molecular formula is C35H42N8O3. The predicted molar refractivity (Wildman–Crippen MR) is 181 cm³/mol. The van der Waals surface area contributed by atoms with Crippen LogP contribution in [0.5, 0.6) is 5.75 Å². The minimum atomic E-state index is -0.232. The average molecular weight is 623 g/mol. The Morgan fingerprint density at radius 3 is 2.59 bits per heavy atom. The van der Waals surface area contributed by atoms with E-state index in [-0.39, 0.29) is 29.3 Å². The number of carbonyl (C=O) groups excluding carboxylic acids is 2. The number of anilines is 1.